The van der Waals surface area contributed by atoms with Crippen LogP contribution in [0.2, 0.25) is 0 Å². The van der Waals surface area contributed by atoms with Gasteiger partial charge in [-0.25, -0.2) is 0 Å². The first-order chi connectivity index (χ1) is 10.4. The van der Waals surface area contributed by atoms with E-state index in [0.717, 1.165) is 11.6 Å². The number of carbonyl (C=O) groups excluding carboxylic acids is 1. The van der Waals surface area contributed by atoms with E-state index in [9.17, 15) is 25.3 Å². The number of aliphatic hydroxyl groups is 1. The van der Waals surface area contributed by atoms with E-state index in [0.29, 0.717) is 0 Å². The number of hydrogen-bond donors (Lipinski definition) is 4. The molecule has 0 aromatic heterocycles. The summed E-state index contributed by atoms with van der Waals surface area (Å²) in [5.74, 6) is -1.20. The van der Waals surface area contributed by atoms with Gasteiger partial charge < -0.3 is 20.5 Å². The Balaban J connectivity index is 2.55. The topological polar surface area (TPSA) is 110 Å². The third kappa shape index (κ3) is 2.73. The molecule has 22 heavy (non-hydrogen) atoms. The fourth-order valence-electron chi connectivity index (χ4n) is 2.33. The second-order valence-electron chi connectivity index (χ2n) is 5.30. The first-order valence-corrected chi connectivity index (χ1v) is 6.72. The molecule has 0 amide bonds. The van der Waals surface area contributed by atoms with E-state index >= 15 is 0 Å². The summed E-state index contributed by atoms with van der Waals surface area (Å²) in [4.78, 5) is 12.2. The summed E-state index contributed by atoms with van der Waals surface area (Å²) in [6, 6.07) is 2.37. The number of carbonyl (C=O) groups is 1. The molecule has 1 aromatic carbocycles. The van der Waals surface area contributed by atoms with Crippen LogP contribution >= 0.6 is 0 Å². The van der Waals surface area contributed by atoms with Crippen LogP contribution in [0.4, 0.5) is 0 Å². The quantitative estimate of drug-likeness (QED) is 0.296. The average Bonchev–Trinajstić information content (AvgIpc) is 2.47. The molecule has 0 aliphatic heterocycles. The van der Waals surface area contributed by atoms with Gasteiger partial charge in [0.05, 0.1) is 17.2 Å². The third-order valence-corrected chi connectivity index (χ3v) is 3.41. The predicted octanol–water partition coefficient (Wildman–Crippen LogP) is 2.12. The Hall–Kier alpha value is -2.60. The molecule has 0 saturated carbocycles. The monoisotopic (exact) mass is 303 g/mol. The van der Waals surface area contributed by atoms with Crippen molar-refractivity contribution in [1.82, 2.24) is 0 Å². The summed E-state index contributed by atoms with van der Waals surface area (Å²) in [6.07, 6.45) is 2.05. The summed E-state index contributed by atoms with van der Waals surface area (Å²) < 4.78 is 0. The largest absolute Gasteiger partial charge is 0.507 e. The third-order valence-electron chi connectivity index (χ3n) is 3.41. The van der Waals surface area contributed by atoms with Crippen molar-refractivity contribution in [2.24, 2.45) is 5.16 Å². The minimum atomic E-state index is -1.07. The summed E-state index contributed by atoms with van der Waals surface area (Å²) in [5, 5.41) is 42.3. The highest BCUT2D eigenvalue weighted by atomic mass is 16.4. The summed E-state index contributed by atoms with van der Waals surface area (Å²) >= 11 is 0. The van der Waals surface area contributed by atoms with Crippen LogP contribution in [0.1, 0.15) is 36.2 Å². The average molecular weight is 303 g/mol. The molecule has 0 unspecified atom stereocenters. The normalized spacial score (nSPS) is 17.0. The highest BCUT2D eigenvalue weighted by molar-refractivity contribution is 6.28. The molecule has 6 nitrogen and oxygen atoms in total. The van der Waals surface area contributed by atoms with E-state index in [1.165, 1.54) is 12.1 Å². The first-order valence-electron chi connectivity index (χ1n) is 6.72. The highest BCUT2D eigenvalue weighted by Crippen LogP contribution is 2.36. The molecule has 2 rings (SSSR count). The maximum atomic E-state index is 12.2. The van der Waals surface area contributed by atoms with Gasteiger partial charge in [-0.1, -0.05) is 16.8 Å². The van der Waals surface area contributed by atoms with E-state index in [2.05, 4.69) is 5.16 Å². The molecule has 1 aliphatic carbocycles. The van der Waals surface area contributed by atoms with E-state index in [1.54, 1.807) is 6.08 Å². The minimum Gasteiger partial charge on any atom is -0.507 e. The summed E-state index contributed by atoms with van der Waals surface area (Å²) in [5.41, 5.74) is 0.730. The van der Waals surface area contributed by atoms with Crippen molar-refractivity contribution in [2.45, 2.75) is 26.4 Å². The van der Waals surface area contributed by atoms with Crippen LogP contribution in [0.15, 0.2) is 40.6 Å². The lowest BCUT2D eigenvalue weighted by molar-refractivity contribution is 0.103. The molecule has 0 spiro atoms. The SMILES string of the molecule is CC(C)=CC[C@H](O)C1=CC(=O)c2c(O)ccc(O)c2C1=NO. The number of oxime groups is 1. The van der Waals surface area contributed by atoms with E-state index < -0.39 is 11.9 Å². The van der Waals surface area contributed by atoms with Gasteiger partial charge >= 0.3 is 0 Å². The van der Waals surface area contributed by atoms with Crippen LogP contribution in [0.25, 0.3) is 0 Å². The standard InChI is InChI=1S/C16H17NO5/c1-8(2)3-4-10(18)9-7-13(21)14-11(19)5-6-12(20)15(14)16(9)17-22/h3,5-7,10,18-20,22H,4H2,1-2H3/t10-/m0/s1. The van der Waals surface area contributed by atoms with Crippen LogP contribution in [0.3, 0.4) is 0 Å². The highest BCUT2D eigenvalue weighted by Gasteiger charge is 2.32. The molecule has 0 radical (unpaired) electrons. The number of hydrogen-bond acceptors (Lipinski definition) is 6. The van der Waals surface area contributed by atoms with Crippen LogP contribution < -0.4 is 0 Å². The molecule has 0 heterocycles. The number of fused-ring (bicyclic) bond motifs is 1. The molecule has 0 bridgehead atoms. The molecule has 0 fully saturated rings. The molecule has 1 aliphatic rings. The van der Waals surface area contributed by atoms with Crippen LogP contribution in [0.5, 0.6) is 11.5 Å². The number of nitrogens with zero attached hydrogens (tertiary/aromatic N) is 1. The fourth-order valence-corrected chi connectivity index (χ4v) is 2.33. The molecule has 116 valence electrons. The number of rotatable bonds is 3. The first kappa shape index (κ1) is 15.8. The van der Waals surface area contributed by atoms with Crippen molar-refractivity contribution < 1.29 is 25.3 Å². The minimum absolute atomic E-state index is 0.0822. The Kier molecular flexibility index (Phi) is 4.32. The van der Waals surface area contributed by atoms with Crippen LogP contribution in [-0.4, -0.2) is 38.1 Å². The molecule has 6 heteroatoms. The second-order valence-corrected chi connectivity index (χ2v) is 5.30. The zero-order valence-electron chi connectivity index (χ0n) is 12.2. The molecular formula is C16H17NO5. The lowest BCUT2D eigenvalue weighted by Crippen LogP contribution is -2.26. The van der Waals surface area contributed by atoms with Crippen molar-refractivity contribution in [3.05, 3.63) is 46.6 Å². The van der Waals surface area contributed by atoms with Crippen molar-refractivity contribution in [1.29, 1.82) is 0 Å². The maximum absolute atomic E-state index is 12.2. The number of phenols is 2. The number of ketones is 1. The van der Waals surface area contributed by atoms with Crippen molar-refractivity contribution in [3.63, 3.8) is 0 Å². The Morgan fingerprint density at radius 2 is 1.82 bits per heavy atom. The zero-order valence-corrected chi connectivity index (χ0v) is 12.2. The van der Waals surface area contributed by atoms with Gasteiger partial charge in [-0.3, -0.25) is 4.79 Å². The van der Waals surface area contributed by atoms with Gasteiger partial charge in [0.2, 0.25) is 0 Å². The lowest BCUT2D eigenvalue weighted by Gasteiger charge is -2.22. The van der Waals surface area contributed by atoms with Crippen molar-refractivity contribution >= 4 is 11.5 Å². The summed E-state index contributed by atoms with van der Waals surface area (Å²) in [6.45, 7) is 3.74. The predicted molar refractivity (Wildman–Crippen MR) is 80.6 cm³/mol. The Labute approximate surface area is 127 Å². The molecule has 1 aromatic rings. The Morgan fingerprint density at radius 3 is 2.36 bits per heavy atom. The van der Waals surface area contributed by atoms with Crippen molar-refractivity contribution in [2.75, 3.05) is 0 Å². The fraction of sp³-hybridized carbons (Fsp3) is 0.250. The van der Waals surface area contributed by atoms with Gasteiger partial charge in [0.15, 0.2) is 5.78 Å². The number of phenolic OH excluding ortho intramolecular Hbond substituents is 2. The smallest absolute Gasteiger partial charge is 0.190 e. The Bertz CT molecular complexity index is 711. The summed E-state index contributed by atoms with van der Waals surface area (Å²) in [7, 11) is 0. The number of aromatic hydroxyl groups is 2. The van der Waals surface area contributed by atoms with E-state index in [-0.39, 0.29) is 40.3 Å². The van der Waals surface area contributed by atoms with Crippen LogP contribution in [0, 0.1) is 0 Å². The Morgan fingerprint density at radius 1 is 1.23 bits per heavy atom. The number of benzene rings is 1. The van der Waals surface area contributed by atoms with Crippen LogP contribution in [-0.2, 0) is 0 Å². The van der Waals surface area contributed by atoms with Gasteiger partial charge in [0, 0.05) is 5.57 Å². The second kappa shape index (κ2) is 6.03. The molecular weight excluding hydrogens is 286 g/mol. The number of allylic oxidation sites excluding steroid dienone is 2. The van der Waals surface area contributed by atoms with Gasteiger partial charge in [-0.2, -0.15) is 0 Å². The van der Waals surface area contributed by atoms with Crippen molar-refractivity contribution in [3.8, 4) is 11.5 Å². The maximum Gasteiger partial charge on any atom is 0.190 e. The lowest BCUT2D eigenvalue weighted by atomic mass is 9.84. The van der Waals surface area contributed by atoms with Gasteiger partial charge in [0.1, 0.15) is 17.2 Å². The number of aliphatic hydroxyl groups excluding tert-OH is 1. The van der Waals surface area contributed by atoms with Gasteiger partial charge in [0.25, 0.3) is 0 Å². The van der Waals surface area contributed by atoms with Gasteiger partial charge in [-0.15, -0.1) is 0 Å². The molecule has 4 N–H and O–H groups in total. The zero-order chi connectivity index (χ0) is 16.4. The van der Waals surface area contributed by atoms with E-state index in [4.69, 9.17) is 0 Å². The molecule has 1 atom stereocenters. The van der Waals surface area contributed by atoms with E-state index in [1.807, 2.05) is 13.8 Å². The van der Waals surface area contributed by atoms with Gasteiger partial charge in [-0.05, 0) is 38.5 Å². The molecule has 0 saturated heterocycles.